The second-order valence-corrected chi connectivity index (χ2v) is 15.1. The van der Waals surface area contributed by atoms with Crippen molar-refractivity contribution in [3.63, 3.8) is 0 Å². The van der Waals surface area contributed by atoms with Crippen LogP contribution in [0, 0.1) is 53.3 Å². The van der Waals surface area contributed by atoms with Crippen LogP contribution in [0.3, 0.4) is 0 Å². The summed E-state index contributed by atoms with van der Waals surface area (Å²) in [6.07, 6.45) is 11.3. The Morgan fingerprint density at radius 2 is 0.865 bits per heavy atom. The highest BCUT2D eigenvalue weighted by atomic mass is 28.2. The van der Waals surface area contributed by atoms with Gasteiger partial charge in [-0.25, -0.2) is 0 Å². The van der Waals surface area contributed by atoms with Crippen molar-refractivity contribution in [2.45, 2.75) is 144 Å². The Bertz CT molecular complexity index is 584. The molecule has 9 atom stereocenters. The molecule has 0 aromatic heterocycles. The fourth-order valence-corrected chi connectivity index (χ4v) is 8.16. The summed E-state index contributed by atoms with van der Waals surface area (Å²) in [5.74, 6) is 4.27. The maximum Gasteiger partial charge on any atom is 0.307 e. The molecule has 37 heavy (non-hydrogen) atoms. The second kappa shape index (κ2) is 14.1. The Kier molecular flexibility index (Phi) is 12.0. The highest BCUT2D eigenvalue weighted by molar-refractivity contribution is 5.97. The summed E-state index contributed by atoms with van der Waals surface area (Å²) in [6.45, 7) is 21.7. The molecule has 3 rings (SSSR count). The largest absolute Gasteiger partial charge is 0.420 e. The van der Waals surface area contributed by atoms with E-state index in [0.717, 1.165) is 19.3 Å². The predicted molar refractivity (Wildman–Crippen MR) is 157 cm³/mol. The highest BCUT2D eigenvalue weighted by Crippen LogP contribution is 2.44. The summed E-state index contributed by atoms with van der Waals surface area (Å²) in [6, 6.07) is 0. The minimum absolute atomic E-state index is 0.151. The molecule has 4 nitrogen and oxygen atoms in total. The lowest BCUT2D eigenvalue weighted by Crippen LogP contribution is -2.56. The van der Waals surface area contributed by atoms with E-state index in [1.165, 1.54) is 38.5 Å². The van der Waals surface area contributed by atoms with Crippen molar-refractivity contribution in [3.8, 4) is 0 Å². The van der Waals surface area contributed by atoms with Gasteiger partial charge >= 0.3 is 5.97 Å². The van der Waals surface area contributed by atoms with E-state index in [4.69, 9.17) is 18.6 Å². The molecular formula is C32H62O4Si. The molecule has 3 aliphatic rings. The van der Waals surface area contributed by atoms with E-state index in [-0.39, 0.29) is 18.3 Å². The van der Waals surface area contributed by atoms with Crippen LogP contribution in [0.15, 0.2) is 0 Å². The van der Waals surface area contributed by atoms with E-state index in [9.17, 15) is 0 Å². The van der Waals surface area contributed by atoms with E-state index in [2.05, 4.69) is 62.3 Å². The van der Waals surface area contributed by atoms with Gasteiger partial charge in [-0.05, 0) is 91.8 Å². The molecule has 0 saturated heterocycles. The Hall–Kier alpha value is 0.0569. The van der Waals surface area contributed by atoms with Gasteiger partial charge in [-0.15, -0.1) is 0 Å². The monoisotopic (exact) mass is 538 g/mol. The SMILES string of the molecule is CC1CCC(C(C)C)C(OC(CO[SiH3])(OC2CC(C)CCC2C(C)C)OC2CC(C)CCC2C(C)C)C1. The van der Waals surface area contributed by atoms with Crippen molar-refractivity contribution in [1.82, 2.24) is 0 Å². The topological polar surface area (TPSA) is 36.9 Å². The van der Waals surface area contributed by atoms with Crippen LogP contribution in [0.25, 0.3) is 0 Å². The lowest BCUT2D eigenvalue weighted by molar-refractivity contribution is -0.441. The lowest BCUT2D eigenvalue weighted by atomic mass is 9.75. The van der Waals surface area contributed by atoms with Crippen molar-refractivity contribution in [3.05, 3.63) is 0 Å². The molecule has 0 heterocycles. The fourth-order valence-electron chi connectivity index (χ4n) is 7.80. The van der Waals surface area contributed by atoms with Crippen LogP contribution in [0.4, 0.5) is 0 Å². The van der Waals surface area contributed by atoms with Crippen LogP contribution in [-0.2, 0) is 18.6 Å². The van der Waals surface area contributed by atoms with Crippen LogP contribution in [0.5, 0.6) is 0 Å². The van der Waals surface area contributed by atoms with E-state index in [1.54, 1.807) is 0 Å². The minimum atomic E-state index is -1.11. The first-order valence-electron chi connectivity index (χ1n) is 16.0. The van der Waals surface area contributed by atoms with E-state index in [1.807, 2.05) is 0 Å². The quantitative estimate of drug-likeness (QED) is 0.203. The molecule has 0 amide bonds. The summed E-state index contributed by atoms with van der Waals surface area (Å²) >= 11 is 0. The molecule has 0 aliphatic heterocycles. The first-order valence-corrected chi connectivity index (χ1v) is 16.8. The van der Waals surface area contributed by atoms with Gasteiger partial charge < -0.3 is 18.6 Å². The standard InChI is InChI=1S/C32H62O4Si/c1-20(2)26-13-10-23(7)16-29(26)34-32(19-33-37,35-30-17-24(8)11-14-27(30)21(3)4)36-31-18-25(9)12-15-28(31)22(5)6/h20-31H,10-19H2,1-9,37H3. The van der Waals surface area contributed by atoms with E-state index >= 15 is 0 Å². The minimum Gasteiger partial charge on any atom is -0.420 e. The average molecular weight is 539 g/mol. The molecule has 5 heteroatoms. The van der Waals surface area contributed by atoms with Crippen molar-refractivity contribution in [1.29, 1.82) is 0 Å². The summed E-state index contributed by atoms with van der Waals surface area (Å²) in [4.78, 5) is 0. The van der Waals surface area contributed by atoms with Gasteiger partial charge in [0.05, 0.1) is 18.3 Å². The molecule has 0 aromatic carbocycles. The third-order valence-corrected chi connectivity index (χ3v) is 10.5. The van der Waals surface area contributed by atoms with Crippen molar-refractivity contribution in [2.75, 3.05) is 6.61 Å². The van der Waals surface area contributed by atoms with Crippen LogP contribution in [-0.4, -0.2) is 41.4 Å². The molecule has 0 radical (unpaired) electrons. The summed E-state index contributed by atoms with van der Waals surface area (Å²) in [7, 11) is 0.647. The van der Waals surface area contributed by atoms with Gasteiger partial charge in [0, 0.05) is 0 Å². The summed E-state index contributed by atoms with van der Waals surface area (Å²) in [5, 5.41) is 0. The van der Waals surface area contributed by atoms with Gasteiger partial charge in [0.25, 0.3) is 0 Å². The second-order valence-electron chi connectivity index (χ2n) is 14.6. The number of rotatable bonds is 11. The first-order chi connectivity index (χ1) is 17.4. The van der Waals surface area contributed by atoms with Crippen molar-refractivity contribution in [2.24, 2.45) is 53.3 Å². The van der Waals surface area contributed by atoms with Crippen molar-refractivity contribution >= 4 is 10.5 Å². The zero-order valence-corrected chi connectivity index (χ0v) is 28.1. The molecule has 218 valence electrons. The Balaban J connectivity index is 1.98. The number of hydrogen-bond donors (Lipinski definition) is 0. The van der Waals surface area contributed by atoms with Crippen LogP contribution in [0.1, 0.15) is 120 Å². The van der Waals surface area contributed by atoms with Crippen LogP contribution < -0.4 is 0 Å². The predicted octanol–water partition coefficient (Wildman–Crippen LogP) is 7.37. The molecule has 9 unspecified atom stereocenters. The van der Waals surface area contributed by atoms with Gasteiger partial charge in [0.2, 0.25) is 0 Å². The molecule has 3 aliphatic carbocycles. The molecule has 0 bridgehead atoms. The van der Waals surface area contributed by atoms with Gasteiger partial charge in [-0.1, -0.05) is 81.6 Å². The van der Waals surface area contributed by atoms with E-state index < -0.39 is 5.97 Å². The van der Waals surface area contributed by atoms with Gasteiger partial charge in [-0.3, -0.25) is 0 Å². The number of ether oxygens (including phenoxy) is 3. The normalized spacial score (nSPS) is 39.4. The molecule has 0 aromatic rings. The summed E-state index contributed by atoms with van der Waals surface area (Å²) < 4.78 is 27.8. The van der Waals surface area contributed by atoms with Gasteiger partial charge in [0.15, 0.2) is 0 Å². The number of hydrogen-bond acceptors (Lipinski definition) is 4. The Morgan fingerprint density at radius 3 is 1.11 bits per heavy atom. The Labute approximate surface area is 233 Å². The lowest BCUT2D eigenvalue weighted by Gasteiger charge is -2.49. The molecular weight excluding hydrogens is 476 g/mol. The fraction of sp³-hybridized carbons (Fsp3) is 1.00. The molecule has 0 spiro atoms. The maximum atomic E-state index is 7.25. The molecule has 3 fully saturated rings. The van der Waals surface area contributed by atoms with Gasteiger partial charge in [0.1, 0.15) is 17.1 Å². The first kappa shape index (κ1) is 31.6. The highest BCUT2D eigenvalue weighted by Gasteiger charge is 2.48. The smallest absolute Gasteiger partial charge is 0.307 e. The van der Waals surface area contributed by atoms with E-state index in [0.29, 0.717) is 70.4 Å². The molecule has 3 saturated carbocycles. The third kappa shape index (κ3) is 8.52. The van der Waals surface area contributed by atoms with Crippen LogP contribution >= 0.6 is 0 Å². The van der Waals surface area contributed by atoms with Gasteiger partial charge in [-0.2, -0.15) is 0 Å². The average Bonchev–Trinajstić information content (AvgIpc) is 2.78. The summed E-state index contributed by atoms with van der Waals surface area (Å²) in [5.41, 5.74) is 0. The molecule has 0 N–H and O–H groups in total. The Morgan fingerprint density at radius 1 is 0.568 bits per heavy atom. The maximum absolute atomic E-state index is 7.25. The van der Waals surface area contributed by atoms with Crippen LogP contribution in [0.2, 0.25) is 0 Å². The zero-order valence-electron chi connectivity index (χ0n) is 26.1. The van der Waals surface area contributed by atoms with Crippen molar-refractivity contribution < 1.29 is 18.6 Å². The third-order valence-electron chi connectivity index (χ3n) is 10.2. The zero-order chi connectivity index (χ0) is 27.3.